The van der Waals surface area contributed by atoms with E-state index in [1.807, 2.05) is 11.8 Å². The molecule has 114 valence electrons. The Kier molecular flexibility index (Phi) is 4.13. The van der Waals surface area contributed by atoms with E-state index in [0.29, 0.717) is 17.8 Å². The first kappa shape index (κ1) is 14.4. The zero-order valence-electron chi connectivity index (χ0n) is 12.6. The van der Waals surface area contributed by atoms with Crippen molar-refractivity contribution in [2.75, 3.05) is 6.54 Å². The van der Waals surface area contributed by atoms with Crippen molar-refractivity contribution in [3.8, 4) is 0 Å². The standard InChI is InChI=1S/C17H23NO3/c1-12-10-13(11-21-12)17(20)18-9-5-4-7-15(18)14-6-2-3-8-16(14)19/h10-11,14-15H,2-9H2,1H3. The second-order valence-electron chi connectivity index (χ2n) is 6.33. The van der Waals surface area contributed by atoms with Crippen LogP contribution in [0.1, 0.15) is 61.1 Å². The van der Waals surface area contributed by atoms with Gasteiger partial charge in [-0.15, -0.1) is 0 Å². The molecule has 4 heteroatoms. The zero-order valence-corrected chi connectivity index (χ0v) is 12.6. The summed E-state index contributed by atoms with van der Waals surface area (Å²) in [6.45, 7) is 2.60. The maximum atomic E-state index is 12.7. The molecule has 0 spiro atoms. The first-order valence-electron chi connectivity index (χ1n) is 8.05. The summed E-state index contributed by atoms with van der Waals surface area (Å²) in [6, 6.07) is 1.88. The van der Waals surface area contributed by atoms with Gasteiger partial charge in [0, 0.05) is 24.9 Å². The molecule has 1 aromatic rings. The van der Waals surface area contributed by atoms with Crippen molar-refractivity contribution in [2.24, 2.45) is 5.92 Å². The normalized spacial score (nSPS) is 26.9. The van der Waals surface area contributed by atoms with Gasteiger partial charge in [0.05, 0.1) is 5.56 Å². The van der Waals surface area contributed by atoms with Gasteiger partial charge in [-0.1, -0.05) is 6.42 Å². The average molecular weight is 289 g/mol. The molecule has 1 aliphatic heterocycles. The second-order valence-corrected chi connectivity index (χ2v) is 6.33. The average Bonchev–Trinajstić information content (AvgIpc) is 2.94. The third kappa shape index (κ3) is 2.89. The van der Waals surface area contributed by atoms with Crippen LogP contribution < -0.4 is 0 Å². The van der Waals surface area contributed by atoms with Crippen molar-refractivity contribution in [3.05, 3.63) is 23.7 Å². The number of furan rings is 1. The van der Waals surface area contributed by atoms with Crippen molar-refractivity contribution in [1.29, 1.82) is 0 Å². The predicted molar refractivity (Wildman–Crippen MR) is 79.1 cm³/mol. The van der Waals surface area contributed by atoms with Crippen LogP contribution in [0.2, 0.25) is 0 Å². The lowest BCUT2D eigenvalue weighted by Gasteiger charge is -2.41. The molecule has 2 heterocycles. The van der Waals surface area contributed by atoms with Gasteiger partial charge in [-0.2, -0.15) is 0 Å². The molecule has 1 aliphatic carbocycles. The third-order valence-electron chi connectivity index (χ3n) is 4.85. The van der Waals surface area contributed by atoms with Gasteiger partial charge in [-0.05, 0) is 45.1 Å². The smallest absolute Gasteiger partial charge is 0.257 e. The van der Waals surface area contributed by atoms with E-state index in [1.165, 1.54) is 6.26 Å². The Bertz CT molecular complexity index is 534. The molecule has 0 bridgehead atoms. The van der Waals surface area contributed by atoms with E-state index in [1.54, 1.807) is 6.07 Å². The van der Waals surface area contributed by atoms with E-state index in [9.17, 15) is 9.59 Å². The minimum Gasteiger partial charge on any atom is -0.469 e. The molecule has 2 aliphatic rings. The summed E-state index contributed by atoms with van der Waals surface area (Å²) in [5.41, 5.74) is 0.614. The number of carbonyl (C=O) groups excluding carboxylic acids is 2. The van der Waals surface area contributed by atoms with Crippen molar-refractivity contribution in [2.45, 2.75) is 57.9 Å². The number of Topliss-reactive ketones (excluding diaryl/α,β-unsaturated/α-hetero) is 1. The van der Waals surface area contributed by atoms with Gasteiger partial charge >= 0.3 is 0 Å². The Morgan fingerprint density at radius 3 is 2.76 bits per heavy atom. The number of nitrogens with zero attached hydrogens (tertiary/aromatic N) is 1. The monoisotopic (exact) mass is 289 g/mol. The minimum atomic E-state index is 0.0231. The zero-order chi connectivity index (χ0) is 14.8. The molecule has 4 nitrogen and oxygen atoms in total. The van der Waals surface area contributed by atoms with Crippen molar-refractivity contribution in [1.82, 2.24) is 4.90 Å². The van der Waals surface area contributed by atoms with Crippen LogP contribution in [0, 0.1) is 12.8 Å². The minimum absolute atomic E-state index is 0.0231. The fourth-order valence-electron chi connectivity index (χ4n) is 3.77. The number of hydrogen-bond acceptors (Lipinski definition) is 3. The van der Waals surface area contributed by atoms with Crippen LogP contribution in [0.3, 0.4) is 0 Å². The summed E-state index contributed by atoms with van der Waals surface area (Å²) in [7, 11) is 0. The quantitative estimate of drug-likeness (QED) is 0.839. The Morgan fingerprint density at radius 2 is 2.05 bits per heavy atom. The summed E-state index contributed by atoms with van der Waals surface area (Å²) in [4.78, 5) is 26.9. The SMILES string of the molecule is Cc1cc(C(=O)N2CCCCC2C2CCCCC2=O)co1. The number of rotatable bonds is 2. The number of piperidine rings is 1. The number of amides is 1. The van der Waals surface area contributed by atoms with Crippen molar-refractivity contribution in [3.63, 3.8) is 0 Å². The van der Waals surface area contributed by atoms with Gasteiger partial charge in [0.15, 0.2) is 0 Å². The molecule has 0 aromatic carbocycles. The van der Waals surface area contributed by atoms with Crippen molar-refractivity contribution < 1.29 is 14.0 Å². The molecule has 3 rings (SSSR count). The van der Waals surface area contributed by atoms with Crippen LogP contribution in [0.25, 0.3) is 0 Å². The van der Waals surface area contributed by atoms with Gasteiger partial charge in [0.2, 0.25) is 0 Å². The molecule has 1 aromatic heterocycles. The number of hydrogen-bond donors (Lipinski definition) is 0. The van der Waals surface area contributed by atoms with Gasteiger partial charge in [0.1, 0.15) is 17.8 Å². The fraction of sp³-hybridized carbons (Fsp3) is 0.647. The summed E-state index contributed by atoms with van der Waals surface area (Å²) in [5, 5.41) is 0. The Balaban J connectivity index is 1.80. The maximum absolute atomic E-state index is 12.7. The van der Waals surface area contributed by atoms with E-state index >= 15 is 0 Å². The van der Waals surface area contributed by atoms with E-state index in [4.69, 9.17) is 4.42 Å². The van der Waals surface area contributed by atoms with E-state index in [0.717, 1.165) is 50.8 Å². The van der Waals surface area contributed by atoms with Crippen LogP contribution in [0.4, 0.5) is 0 Å². The fourth-order valence-corrected chi connectivity index (χ4v) is 3.77. The molecule has 1 saturated carbocycles. The highest BCUT2D eigenvalue weighted by Crippen LogP contribution is 2.32. The molecule has 2 unspecified atom stereocenters. The summed E-state index contributed by atoms with van der Waals surface area (Å²) >= 11 is 0. The number of likely N-dealkylation sites (tertiary alicyclic amines) is 1. The summed E-state index contributed by atoms with van der Waals surface area (Å²) in [6.07, 6.45) is 8.38. The molecule has 21 heavy (non-hydrogen) atoms. The van der Waals surface area contributed by atoms with Crippen LogP contribution in [0.15, 0.2) is 16.7 Å². The van der Waals surface area contributed by atoms with E-state index < -0.39 is 0 Å². The number of carbonyl (C=O) groups is 2. The van der Waals surface area contributed by atoms with Crippen molar-refractivity contribution >= 4 is 11.7 Å². The Hall–Kier alpha value is -1.58. The molecule has 0 N–H and O–H groups in total. The van der Waals surface area contributed by atoms with Gasteiger partial charge in [0.25, 0.3) is 5.91 Å². The van der Waals surface area contributed by atoms with Gasteiger partial charge in [-0.25, -0.2) is 0 Å². The summed E-state index contributed by atoms with van der Waals surface area (Å²) in [5.74, 6) is 1.18. The van der Waals surface area contributed by atoms with Crippen LogP contribution in [-0.4, -0.2) is 29.2 Å². The molecule has 2 fully saturated rings. The lowest BCUT2D eigenvalue weighted by molar-refractivity contribution is -0.127. The molecule has 0 radical (unpaired) electrons. The Labute approximate surface area is 125 Å². The highest BCUT2D eigenvalue weighted by atomic mass is 16.3. The third-order valence-corrected chi connectivity index (χ3v) is 4.85. The molecule has 1 saturated heterocycles. The summed E-state index contributed by atoms with van der Waals surface area (Å²) < 4.78 is 5.26. The van der Waals surface area contributed by atoms with Crippen LogP contribution in [0.5, 0.6) is 0 Å². The van der Waals surface area contributed by atoms with Gasteiger partial charge in [-0.3, -0.25) is 9.59 Å². The lowest BCUT2D eigenvalue weighted by Crippen LogP contribution is -2.50. The first-order chi connectivity index (χ1) is 10.2. The molecular weight excluding hydrogens is 266 g/mol. The van der Waals surface area contributed by atoms with E-state index in [-0.39, 0.29) is 17.9 Å². The molecule has 2 atom stereocenters. The predicted octanol–water partition coefficient (Wildman–Crippen LogP) is 3.34. The molecular formula is C17H23NO3. The highest BCUT2D eigenvalue weighted by Gasteiger charge is 2.37. The second kappa shape index (κ2) is 6.04. The maximum Gasteiger partial charge on any atom is 0.257 e. The van der Waals surface area contributed by atoms with E-state index in [2.05, 4.69) is 0 Å². The first-order valence-corrected chi connectivity index (χ1v) is 8.05. The lowest BCUT2D eigenvalue weighted by atomic mass is 9.79. The van der Waals surface area contributed by atoms with Crippen LogP contribution >= 0.6 is 0 Å². The Morgan fingerprint density at radius 1 is 1.24 bits per heavy atom. The van der Waals surface area contributed by atoms with Gasteiger partial charge < -0.3 is 9.32 Å². The molecule has 1 amide bonds. The number of aryl methyl sites for hydroxylation is 1. The topological polar surface area (TPSA) is 50.5 Å². The van der Waals surface area contributed by atoms with Crippen LogP contribution in [-0.2, 0) is 4.79 Å². The number of ketones is 1. The highest BCUT2D eigenvalue weighted by molar-refractivity contribution is 5.95. The largest absolute Gasteiger partial charge is 0.469 e.